The van der Waals surface area contributed by atoms with Gasteiger partial charge in [0, 0.05) is 35.3 Å². The number of fused-ring (bicyclic) bond motifs is 1. The smallest absolute Gasteiger partial charge is 0.270 e. The van der Waals surface area contributed by atoms with Crippen LogP contribution in [-0.2, 0) is 0 Å². The fourth-order valence-electron chi connectivity index (χ4n) is 4.32. The summed E-state index contributed by atoms with van der Waals surface area (Å²) >= 11 is 6.05. The lowest BCUT2D eigenvalue weighted by atomic mass is 10.1. The molecule has 8 heteroatoms. The first kappa shape index (κ1) is 22.4. The second-order valence-electron chi connectivity index (χ2n) is 8.34. The average Bonchev–Trinajstić information content (AvgIpc) is 3.53. The summed E-state index contributed by atoms with van der Waals surface area (Å²) in [5.41, 5.74) is 4.08. The number of nitrogens with one attached hydrogen (secondary N) is 1. The molecule has 0 atom stereocenters. The molecule has 2 aromatic carbocycles. The number of carbonyl (C=O) groups excluding carboxylic acids is 1. The molecule has 0 aliphatic carbocycles. The van der Waals surface area contributed by atoms with Crippen molar-refractivity contribution in [2.45, 2.75) is 12.8 Å². The Morgan fingerprint density at radius 3 is 2.59 bits per heavy atom. The Balaban J connectivity index is 1.54. The largest absolute Gasteiger partial charge is 0.496 e. The van der Waals surface area contributed by atoms with Gasteiger partial charge in [-0.3, -0.25) is 4.79 Å². The third-order valence-electron chi connectivity index (χ3n) is 6.10. The van der Waals surface area contributed by atoms with Crippen LogP contribution in [0, 0.1) is 0 Å². The van der Waals surface area contributed by atoms with E-state index in [9.17, 15) is 4.79 Å². The predicted octanol–water partition coefficient (Wildman–Crippen LogP) is 4.55. The maximum atomic E-state index is 13.3. The Morgan fingerprint density at radius 2 is 1.82 bits per heavy atom. The summed E-state index contributed by atoms with van der Waals surface area (Å²) < 4.78 is 7.14. The molecule has 3 heterocycles. The number of benzene rings is 2. The number of amides is 1. The summed E-state index contributed by atoms with van der Waals surface area (Å²) in [5, 5.41) is 8.42. The van der Waals surface area contributed by atoms with Crippen LogP contribution in [0.15, 0.2) is 60.7 Å². The molecule has 1 aliphatic rings. The average molecular weight is 476 g/mol. The molecule has 1 saturated heterocycles. The lowest BCUT2D eigenvalue weighted by molar-refractivity contribution is 0.0942. The van der Waals surface area contributed by atoms with E-state index in [4.69, 9.17) is 26.4 Å². The minimum absolute atomic E-state index is 0.187. The van der Waals surface area contributed by atoms with Crippen molar-refractivity contribution in [1.82, 2.24) is 24.8 Å². The van der Waals surface area contributed by atoms with Crippen molar-refractivity contribution in [3.8, 4) is 28.3 Å². The minimum Gasteiger partial charge on any atom is -0.496 e. The number of hydrogen-bond acceptors (Lipinski definition) is 5. The van der Waals surface area contributed by atoms with Gasteiger partial charge in [-0.2, -0.15) is 5.10 Å². The maximum Gasteiger partial charge on any atom is 0.270 e. The highest BCUT2D eigenvalue weighted by molar-refractivity contribution is 6.30. The van der Waals surface area contributed by atoms with Crippen molar-refractivity contribution in [3.63, 3.8) is 0 Å². The van der Waals surface area contributed by atoms with Gasteiger partial charge in [0.1, 0.15) is 11.4 Å². The van der Waals surface area contributed by atoms with Gasteiger partial charge >= 0.3 is 0 Å². The number of methoxy groups -OCH3 is 1. The molecule has 34 heavy (non-hydrogen) atoms. The highest BCUT2D eigenvalue weighted by atomic mass is 35.5. The molecule has 1 N–H and O–H groups in total. The SMILES string of the molecule is COc1ccccc1-c1cc(C(=O)NCCN2CCCC2)n2nc(-c3ccc(Cl)cc3)cc2n1. The van der Waals surface area contributed by atoms with Crippen LogP contribution in [0.25, 0.3) is 28.2 Å². The van der Waals surface area contributed by atoms with Crippen LogP contribution in [0.5, 0.6) is 5.75 Å². The topological polar surface area (TPSA) is 71.8 Å². The summed E-state index contributed by atoms with van der Waals surface area (Å²) in [4.78, 5) is 20.5. The summed E-state index contributed by atoms with van der Waals surface area (Å²) in [6, 6.07) is 18.7. The van der Waals surface area contributed by atoms with Crippen LogP contribution >= 0.6 is 11.6 Å². The molecule has 0 saturated carbocycles. The second kappa shape index (κ2) is 9.83. The zero-order valence-electron chi connectivity index (χ0n) is 19.0. The van der Waals surface area contributed by atoms with E-state index in [0.717, 1.165) is 30.8 Å². The zero-order valence-corrected chi connectivity index (χ0v) is 19.8. The number of carbonyl (C=O) groups is 1. The molecule has 0 radical (unpaired) electrons. The van der Waals surface area contributed by atoms with Crippen LogP contribution in [0.1, 0.15) is 23.3 Å². The van der Waals surface area contributed by atoms with Gasteiger partial charge in [0.05, 0.1) is 18.5 Å². The summed E-state index contributed by atoms with van der Waals surface area (Å²) in [6.45, 7) is 3.61. The predicted molar refractivity (Wildman–Crippen MR) is 133 cm³/mol. The fraction of sp³-hybridized carbons (Fsp3) is 0.269. The molecular weight excluding hydrogens is 450 g/mol. The molecule has 0 spiro atoms. The van der Waals surface area contributed by atoms with E-state index >= 15 is 0 Å². The number of para-hydroxylation sites is 1. The standard InChI is InChI=1S/C26H26ClN5O2/c1-34-24-7-3-2-6-20(24)22-16-23(26(33)28-12-15-31-13-4-5-14-31)32-25(29-22)17-21(30-32)18-8-10-19(27)11-9-18/h2-3,6-11,16-17H,4-5,12-15H2,1H3,(H,28,33). The Labute approximate surface area is 203 Å². The molecular formula is C26H26ClN5O2. The molecule has 5 rings (SSSR count). The first-order valence-corrected chi connectivity index (χ1v) is 11.8. The van der Waals surface area contributed by atoms with Gasteiger partial charge in [-0.15, -0.1) is 0 Å². The number of halogens is 1. The van der Waals surface area contributed by atoms with E-state index in [1.807, 2.05) is 54.6 Å². The van der Waals surface area contributed by atoms with Gasteiger partial charge in [-0.05, 0) is 56.3 Å². The van der Waals surface area contributed by atoms with Crippen LogP contribution in [-0.4, -0.2) is 58.7 Å². The van der Waals surface area contributed by atoms with Crippen molar-refractivity contribution in [2.75, 3.05) is 33.3 Å². The minimum atomic E-state index is -0.187. The molecule has 174 valence electrons. The molecule has 0 bridgehead atoms. The van der Waals surface area contributed by atoms with Crippen molar-refractivity contribution in [2.24, 2.45) is 0 Å². The van der Waals surface area contributed by atoms with Crippen molar-refractivity contribution >= 4 is 23.2 Å². The quantitative estimate of drug-likeness (QED) is 0.424. The van der Waals surface area contributed by atoms with E-state index in [1.165, 1.54) is 12.8 Å². The number of likely N-dealkylation sites (tertiary alicyclic amines) is 1. The normalized spacial score (nSPS) is 13.9. The Morgan fingerprint density at radius 1 is 1.06 bits per heavy atom. The zero-order chi connectivity index (χ0) is 23.5. The molecule has 2 aromatic heterocycles. The lowest BCUT2D eigenvalue weighted by Gasteiger charge is -2.15. The number of ether oxygens (including phenoxy) is 1. The van der Waals surface area contributed by atoms with Crippen molar-refractivity contribution in [1.29, 1.82) is 0 Å². The second-order valence-corrected chi connectivity index (χ2v) is 8.77. The van der Waals surface area contributed by atoms with Gasteiger partial charge in [0.15, 0.2) is 5.65 Å². The number of nitrogens with zero attached hydrogens (tertiary/aromatic N) is 4. The first-order valence-electron chi connectivity index (χ1n) is 11.4. The molecule has 1 aliphatic heterocycles. The number of rotatable bonds is 7. The van der Waals surface area contributed by atoms with Gasteiger partial charge in [-0.25, -0.2) is 9.50 Å². The van der Waals surface area contributed by atoms with E-state index < -0.39 is 0 Å². The van der Waals surface area contributed by atoms with Crippen LogP contribution in [0.4, 0.5) is 0 Å². The molecule has 1 amide bonds. The van der Waals surface area contributed by atoms with E-state index in [2.05, 4.69) is 10.2 Å². The van der Waals surface area contributed by atoms with Crippen molar-refractivity contribution in [3.05, 3.63) is 71.4 Å². The molecule has 1 fully saturated rings. The van der Waals surface area contributed by atoms with Crippen molar-refractivity contribution < 1.29 is 9.53 Å². The van der Waals surface area contributed by atoms with Gasteiger partial charge < -0.3 is 15.0 Å². The molecule has 0 unspecified atom stereocenters. The monoisotopic (exact) mass is 475 g/mol. The van der Waals surface area contributed by atoms with Gasteiger partial charge in [0.25, 0.3) is 5.91 Å². The van der Waals surface area contributed by atoms with E-state index in [1.54, 1.807) is 17.7 Å². The van der Waals surface area contributed by atoms with E-state index in [0.29, 0.717) is 40.0 Å². The number of hydrogen-bond donors (Lipinski definition) is 1. The Hall–Kier alpha value is -3.42. The summed E-state index contributed by atoms with van der Waals surface area (Å²) in [6.07, 6.45) is 2.45. The van der Waals surface area contributed by atoms with Gasteiger partial charge in [-0.1, -0.05) is 35.9 Å². The molecule has 7 nitrogen and oxygen atoms in total. The fourth-order valence-corrected chi connectivity index (χ4v) is 4.44. The summed E-state index contributed by atoms with van der Waals surface area (Å²) in [7, 11) is 1.63. The first-order chi connectivity index (χ1) is 16.6. The van der Waals surface area contributed by atoms with Crippen LogP contribution in [0.3, 0.4) is 0 Å². The van der Waals surface area contributed by atoms with Crippen LogP contribution < -0.4 is 10.1 Å². The summed E-state index contributed by atoms with van der Waals surface area (Å²) in [5.74, 6) is 0.505. The van der Waals surface area contributed by atoms with E-state index in [-0.39, 0.29) is 5.91 Å². The highest BCUT2D eigenvalue weighted by Crippen LogP contribution is 2.30. The maximum absolute atomic E-state index is 13.3. The third-order valence-corrected chi connectivity index (χ3v) is 6.35. The number of aromatic nitrogens is 3. The van der Waals surface area contributed by atoms with Crippen LogP contribution in [0.2, 0.25) is 5.02 Å². The third kappa shape index (κ3) is 4.62. The lowest BCUT2D eigenvalue weighted by Crippen LogP contribution is -2.34. The molecule has 4 aromatic rings. The highest BCUT2D eigenvalue weighted by Gasteiger charge is 2.19. The Bertz CT molecular complexity index is 1310. The Kier molecular flexibility index (Phi) is 6.47. The van der Waals surface area contributed by atoms with Gasteiger partial charge in [0.2, 0.25) is 0 Å².